The van der Waals surface area contributed by atoms with Crippen molar-refractivity contribution in [3.63, 3.8) is 0 Å². The molecule has 0 heterocycles. The van der Waals surface area contributed by atoms with Crippen LogP contribution < -0.4 is 0 Å². The van der Waals surface area contributed by atoms with E-state index in [-0.39, 0.29) is 0 Å². The van der Waals surface area contributed by atoms with E-state index in [4.69, 9.17) is 0 Å². The van der Waals surface area contributed by atoms with E-state index in [1.807, 2.05) is 0 Å². The molecule has 0 bridgehead atoms. The molecule has 0 N–H and O–H groups in total. The molecule has 0 saturated heterocycles. The molecule has 122 valence electrons. The molecule has 0 amide bonds. The molecule has 0 spiro atoms. The van der Waals surface area contributed by atoms with Gasteiger partial charge in [-0.1, -0.05) is 101 Å². The smallest absolute Gasteiger partial charge is 0.0306 e. The van der Waals surface area contributed by atoms with Gasteiger partial charge in [-0.2, -0.15) is 0 Å². The first-order valence-electron chi connectivity index (χ1n) is 8.21. The fourth-order valence-electron chi connectivity index (χ4n) is 3.41. The number of benzene rings is 4. The molecule has 2 heteroatoms. The number of fused-ring (bicyclic) bond motifs is 1. The van der Waals surface area contributed by atoms with Gasteiger partial charge in [-0.3, -0.25) is 0 Å². The van der Waals surface area contributed by atoms with Crippen LogP contribution >= 0.6 is 31.9 Å². The monoisotopic (exact) mass is 450 g/mol. The van der Waals surface area contributed by atoms with Gasteiger partial charge in [0.15, 0.2) is 0 Å². The average Bonchev–Trinajstić information content (AvgIpc) is 2.68. The van der Waals surface area contributed by atoms with Crippen molar-refractivity contribution in [2.45, 2.75) is 5.33 Å². The lowest BCUT2D eigenvalue weighted by Gasteiger charge is -2.19. The summed E-state index contributed by atoms with van der Waals surface area (Å²) in [6, 6.07) is 29.9. The SMILES string of the molecule is BrCc1c(Br)c(-c2ccccc2)c2ccccc2c1-c1ccccc1. The number of hydrogen-bond donors (Lipinski definition) is 0. The van der Waals surface area contributed by atoms with Gasteiger partial charge < -0.3 is 0 Å². The zero-order chi connectivity index (χ0) is 17.2. The Morgan fingerprint density at radius 2 is 1.00 bits per heavy atom. The first-order chi connectivity index (χ1) is 12.3. The van der Waals surface area contributed by atoms with Crippen LogP contribution in [0.1, 0.15) is 5.56 Å². The molecule has 0 atom stereocenters. The predicted octanol–water partition coefficient (Wildman–Crippen LogP) is 7.83. The second-order valence-corrected chi connectivity index (χ2v) is 7.31. The van der Waals surface area contributed by atoms with Crippen molar-refractivity contribution < 1.29 is 0 Å². The lowest BCUT2D eigenvalue weighted by molar-refractivity contribution is 1.41. The highest BCUT2D eigenvalue weighted by Crippen LogP contribution is 2.45. The number of halogens is 2. The van der Waals surface area contributed by atoms with Gasteiger partial charge in [0.05, 0.1) is 0 Å². The summed E-state index contributed by atoms with van der Waals surface area (Å²) >= 11 is 7.64. The van der Waals surface area contributed by atoms with Gasteiger partial charge in [-0.25, -0.2) is 0 Å². The first kappa shape index (κ1) is 16.6. The molecule has 0 aliphatic rings. The molecule has 0 saturated carbocycles. The van der Waals surface area contributed by atoms with Crippen LogP contribution in [-0.4, -0.2) is 0 Å². The molecule has 4 aromatic carbocycles. The fourth-order valence-corrected chi connectivity index (χ4v) is 5.13. The highest BCUT2D eigenvalue weighted by molar-refractivity contribution is 9.11. The Morgan fingerprint density at radius 3 is 1.52 bits per heavy atom. The first-order valence-corrected chi connectivity index (χ1v) is 10.1. The predicted molar refractivity (Wildman–Crippen MR) is 115 cm³/mol. The molecule has 25 heavy (non-hydrogen) atoms. The minimum absolute atomic E-state index is 0.794. The van der Waals surface area contributed by atoms with E-state index in [0.29, 0.717) is 0 Å². The zero-order valence-corrected chi connectivity index (χ0v) is 16.7. The van der Waals surface area contributed by atoms with Gasteiger partial charge in [0.1, 0.15) is 0 Å². The maximum atomic E-state index is 3.92. The second kappa shape index (κ2) is 7.15. The molecule has 4 aromatic rings. The van der Waals surface area contributed by atoms with E-state index in [1.165, 1.54) is 38.6 Å². The molecule has 0 radical (unpaired) electrons. The number of rotatable bonds is 3. The van der Waals surface area contributed by atoms with Gasteiger partial charge in [0.25, 0.3) is 0 Å². The summed E-state index contributed by atoms with van der Waals surface area (Å²) in [6.45, 7) is 0. The van der Waals surface area contributed by atoms with Crippen LogP contribution in [-0.2, 0) is 5.33 Å². The molecule has 0 aliphatic heterocycles. The Bertz CT molecular complexity index is 1020. The molecule has 0 aromatic heterocycles. The summed E-state index contributed by atoms with van der Waals surface area (Å²) in [4.78, 5) is 0. The van der Waals surface area contributed by atoms with Crippen molar-refractivity contribution in [3.8, 4) is 22.3 Å². The molecule has 0 nitrogen and oxygen atoms in total. The van der Waals surface area contributed by atoms with Crippen LogP contribution in [0.5, 0.6) is 0 Å². The Hall–Kier alpha value is -1.90. The Labute approximate surface area is 164 Å². The third kappa shape index (κ3) is 2.94. The Morgan fingerprint density at radius 1 is 0.560 bits per heavy atom. The number of alkyl halides is 1. The lowest BCUT2D eigenvalue weighted by Crippen LogP contribution is -1.95. The maximum Gasteiger partial charge on any atom is 0.0306 e. The van der Waals surface area contributed by atoms with Crippen LogP contribution in [0.4, 0.5) is 0 Å². The third-order valence-electron chi connectivity index (χ3n) is 4.51. The summed E-state index contributed by atoms with van der Waals surface area (Å²) < 4.78 is 1.16. The molecule has 0 aliphatic carbocycles. The Kier molecular flexibility index (Phi) is 4.74. The van der Waals surface area contributed by atoms with Gasteiger partial charge in [-0.05, 0) is 49.0 Å². The van der Waals surface area contributed by atoms with E-state index >= 15 is 0 Å². The highest BCUT2D eigenvalue weighted by atomic mass is 79.9. The highest BCUT2D eigenvalue weighted by Gasteiger charge is 2.19. The lowest BCUT2D eigenvalue weighted by atomic mass is 9.88. The van der Waals surface area contributed by atoms with Crippen molar-refractivity contribution in [2.75, 3.05) is 0 Å². The largest absolute Gasteiger partial charge is 0.0876 e. The minimum atomic E-state index is 0.794. The summed E-state index contributed by atoms with van der Waals surface area (Å²) in [5.74, 6) is 0. The minimum Gasteiger partial charge on any atom is -0.0876 e. The van der Waals surface area contributed by atoms with Gasteiger partial charge >= 0.3 is 0 Å². The van der Waals surface area contributed by atoms with E-state index in [0.717, 1.165) is 9.80 Å². The van der Waals surface area contributed by atoms with Crippen LogP contribution in [0, 0.1) is 0 Å². The van der Waals surface area contributed by atoms with Crippen LogP contribution in [0.3, 0.4) is 0 Å². The van der Waals surface area contributed by atoms with Crippen molar-refractivity contribution in [3.05, 3.63) is 95.0 Å². The normalized spacial score (nSPS) is 11.0. The maximum absolute atomic E-state index is 3.92. The van der Waals surface area contributed by atoms with E-state index in [9.17, 15) is 0 Å². The summed E-state index contributed by atoms with van der Waals surface area (Å²) in [7, 11) is 0. The van der Waals surface area contributed by atoms with Crippen LogP contribution in [0.25, 0.3) is 33.0 Å². The summed E-state index contributed by atoms with van der Waals surface area (Å²) in [5, 5.41) is 3.34. The second-order valence-electron chi connectivity index (χ2n) is 5.95. The molecule has 0 unspecified atom stereocenters. The quantitative estimate of drug-likeness (QED) is 0.278. The topological polar surface area (TPSA) is 0 Å². The van der Waals surface area contributed by atoms with Gasteiger partial charge in [0.2, 0.25) is 0 Å². The fraction of sp³-hybridized carbons (Fsp3) is 0.0435. The van der Waals surface area contributed by atoms with Crippen molar-refractivity contribution >= 4 is 42.6 Å². The molecular weight excluding hydrogens is 436 g/mol. The molecular formula is C23H16Br2. The standard InChI is InChI=1S/C23H16Br2/c24-15-20-21(16-9-3-1-4-10-16)18-13-7-8-14-19(18)22(23(20)25)17-11-5-2-6-12-17/h1-14H,15H2. The van der Waals surface area contributed by atoms with Crippen molar-refractivity contribution in [2.24, 2.45) is 0 Å². The average molecular weight is 452 g/mol. The third-order valence-corrected chi connectivity index (χ3v) is 5.95. The van der Waals surface area contributed by atoms with Crippen LogP contribution in [0.15, 0.2) is 89.4 Å². The van der Waals surface area contributed by atoms with Crippen molar-refractivity contribution in [1.82, 2.24) is 0 Å². The van der Waals surface area contributed by atoms with Crippen molar-refractivity contribution in [1.29, 1.82) is 0 Å². The van der Waals surface area contributed by atoms with Crippen LogP contribution in [0.2, 0.25) is 0 Å². The molecule has 4 rings (SSSR count). The number of hydrogen-bond acceptors (Lipinski definition) is 0. The van der Waals surface area contributed by atoms with Gasteiger partial charge in [0, 0.05) is 15.4 Å². The molecule has 0 fully saturated rings. The van der Waals surface area contributed by atoms with E-state index < -0.39 is 0 Å². The van der Waals surface area contributed by atoms with Gasteiger partial charge in [-0.15, -0.1) is 0 Å². The van der Waals surface area contributed by atoms with E-state index in [2.05, 4.69) is 117 Å². The Balaban J connectivity index is 2.16. The summed E-state index contributed by atoms with van der Waals surface area (Å²) in [6.07, 6.45) is 0. The zero-order valence-electron chi connectivity index (χ0n) is 13.5. The summed E-state index contributed by atoms with van der Waals surface area (Å²) in [5.41, 5.74) is 6.30. The van der Waals surface area contributed by atoms with E-state index in [1.54, 1.807) is 0 Å².